The first kappa shape index (κ1) is 12.5. The second-order valence-corrected chi connectivity index (χ2v) is 3.98. The van der Waals surface area contributed by atoms with E-state index >= 15 is 0 Å². The third-order valence-corrected chi connectivity index (χ3v) is 3.04. The van der Waals surface area contributed by atoms with Gasteiger partial charge in [-0.05, 0) is 20.8 Å². The average molecular weight is 250 g/mol. The Balaban J connectivity index is 2.62. The highest BCUT2D eigenvalue weighted by atomic mass is 16.3. The van der Waals surface area contributed by atoms with Crippen LogP contribution in [-0.4, -0.2) is 32.8 Å². The maximum Gasteiger partial charge on any atom is 0.391 e. The summed E-state index contributed by atoms with van der Waals surface area (Å²) < 4.78 is 3.19. The van der Waals surface area contributed by atoms with Crippen LogP contribution in [-0.2, 0) is 6.54 Å². The van der Waals surface area contributed by atoms with Crippen molar-refractivity contribution in [2.24, 2.45) is 0 Å². The molecule has 7 heteroatoms. The van der Waals surface area contributed by atoms with E-state index < -0.39 is 0 Å². The van der Waals surface area contributed by atoms with E-state index in [1.807, 2.05) is 32.6 Å². The maximum atomic E-state index is 12.0. The van der Waals surface area contributed by atoms with Crippen LogP contribution in [0.25, 0.3) is 5.78 Å². The van der Waals surface area contributed by atoms with Gasteiger partial charge in [-0.3, -0.25) is 0 Å². The quantitative estimate of drug-likeness (QED) is 0.694. The molecule has 0 N–H and O–H groups in total. The van der Waals surface area contributed by atoms with Crippen molar-refractivity contribution < 1.29 is 9.51 Å². The van der Waals surface area contributed by atoms with Gasteiger partial charge in [0.1, 0.15) is 0 Å². The van der Waals surface area contributed by atoms with Crippen LogP contribution in [0.5, 0.6) is 6.01 Å². The highest BCUT2D eigenvalue weighted by Gasteiger charge is 2.19. The second kappa shape index (κ2) is 4.75. The molecule has 0 bridgehead atoms. The Morgan fingerprint density at radius 2 is 1.89 bits per heavy atom. The Hall–Kier alpha value is -1.92. The summed E-state index contributed by atoms with van der Waals surface area (Å²) in [6, 6.07) is -0.320. The van der Waals surface area contributed by atoms with Gasteiger partial charge in [0.2, 0.25) is 0 Å². The fourth-order valence-electron chi connectivity index (χ4n) is 1.98. The summed E-state index contributed by atoms with van der Waals surface area (Å²) in [7, 11) is 0. The molecule has 0 atom stereocenters. The van der Waals surface area contributed by atoms with E-state index in [9.17, 15) is 5.11 Å². The van der Waals surface area contributed by atoms with Crippen molar-refractivity contribution in [3.05, 3.63) is 5.82 Å². The zero-order valence-electron chi connectivity index (χ0n) is 11.2. The molecular formula is C11H18N6O. The average Bonchev–Trinajstić information content (AvgIpc) is 2.68. The van der Waals surface area contributed by atoms with Crippen LogP contribution in [0.3, 0.4) is 0 Å². The molecule has 0 aliphatic carbocycles. The minimum atomic E-state index is -0.320. The van der Waals surface area contributed by atoms with Crippen LogP contribution in [0.4, 0.5) is 5.95 Å². The lowest BCUT2D eigenvalue weighted by molar-refractivity contribution is -0.599. The number of hydrogen-bond acceptors (Lipinski definition) is 5. The number of hydrogen-bond donors (Lipinski definition) is 0. The van der Waals surface area contributed by atoms with E-state index in [4.69, 9.17) is 0 Å². The molecule has 2 heterocycles. The number of aryl methyl sites for hydroxylation is 2. The molecule has 18 heavy (non-hydrogen) atoms. The van der Waals surface area contributed by atoms with Gasteiger partial charge >= 0.3 is 11.7 Å². The molecule has 2 aromatic heterocycles. The van der Waals surface area contributed by atoms with Crippen molar-refractivity contribution in [2.45, 2.75) is 34.2 Å². The van der Waals surface area contributed by atoms with Gasteiger partial charge in [0.15, 0.2) is 11.8 Å². The van der Waals surface area contributed by atoms with Crippen molar-refractivity contribution in [3.8, 4) is 6.01 Å². The molecule has 0 saturated heterocycles. The Labute approximate surface area is 106 Å². The van der Waals surface area contributed by atoms with Crippen LogP contribution in [0.1, 0.15) is 26.6 Å². The van der Waals surface area contributed by atoms with Crippen molar-refractivity contribution in [1.82, 2.24) is 19.7 Å². The molecular weight excluding hydrogens is 232 g/mol. The first-order valence-corrected chi connectivity index (χ1v) is 6.21. The Morgan fingerprint density at radius 3 is 2.44 bits per heavy atom. The summed E-state index contributed by atoms with van der Waals surface area (Å²) in [4.78, 5) is 10.3. The molecule has 0 unspecified atom stereocenters. The molecule has 2 aromatic rings. The van der Waals surface area contributed by atoms with E-state index in [2.05, 4.69) is 15.1 Å². The minimum absolute atomic E-state index is 0.320. The SMILES string of the molecule is CCN(CC)c1nc([O-])[n+]2c(C)n(CC)nc2n1. The molecule has 0 aliphatic rings. The summed E-state index contributed by atoms with van der Waals surface area (Å²) in [5.41, 5.74) is 0. The number of fused-ring (bicyclic) bond motifs is 1. The molecule has 0 saturated carbocycles. The lowest BCUT2D eigenvalue weighted by Crippen LogP contribution is -2.34. The zero-order valence-corrected chi connectivity index (χ0v) is 11.2. The largest absolute Gasteiger partial charge is 0.830 e. The summed E-state index contributed by atoms with van der Waals surface area (Å²) in [5.74, 6) is 1.62. The molecule has 0 fully saturated rings. The van der Waals surface area contributed by atoms with Crippen molar-refractivity contribution in [1.29, 1.82) is 0 Å². The van der Waals surface area contributed by atoms with E-state index in [0.717, 1.165) is 18.9 Å². The molecule has 0 radical (unpaired) electrons. The Kier molecular flexibility index (Phi) is 3.31. The summed E-state index contributed by atoms with van der Waals surface area (Å²) in [5, 5.41) is 16.3. The van der Waals surface area contributed by atoms with Gasteiger partial charge in [-0.1, -0.05) is 4.98 Å². The predicted octanol–water partition coefficient (Wildman–Crippen LogP) is -0.340. The molecule has 0 aliphatic heterocycles. The Bertz CT molecular complexity index is 560. The first-order chi connectivity index (χ1) is 8.62. The highest BCUT2D eigenvalue weighted by molar-refractivity contribution is 5.34. The molecule has 98 valence electrons. The molecule has 7 nitrogen and oxygen atoms in total. The molecule has 0 spiro atoms. The number of aromatic nitrogens is 5. The first-order valence-electron chi connectivity index (χ1n) is 6.21. The van der Waals surface area contributed by atoms with E-state index in [1.54, 1.807) is 4.68 Å². The second-order valence-electron chi connectivity index (χ2n) is 3.98. The van der Waals surface area contributed by atoms with E-state index in [1.165, 1.54) is 4.40 Å². The standard InChI is InChI=1S/C11H18N6O/c1-5-15(6-2)9-12-10-14-16(7-3)8(4)17(10)11(18)13-9/h5-7H2,1-4H3. The smallest absolute Gasteiger partial charge is 0.391 e. The van der Waals surface area contributed by atoms with Gasteiger partial charge in [-0.25, -0.2) is 0 Å². The van der Waals surface area contributed by atoms with Gasteiger partial charge in [-0.15, -0.1) is 4.98 Å². The monoisotopic (exact) mass is 250 g/mol. The van der Waals surface area contributed by atoms with Gasteiger partial charge in [-0.2, -0.15) is 9.08 Å². The van der Waals surface area contributed by atoms with Gasteiger partial charge in [0.05, 0.1) is 6.54 Å². The summed E-state index contributed by atoms with van der Waals surface area (Å²) in [6.07, 6.45) is 0. The van der Waals surface area contributed by atoms with Crippen LogP contribution in [0, 0.1) is 6.92 Å². The highest BCUT2D eigenvalue weighted by Crippen LogP contribution is 2.09. The number of rotatable bonds is 4. The van der Waals surface area contributed by atoms with Gasteiger partial charge < -0.3 is 10.0 Å². The van der Waals surface area contributed by atoms with Crippen molar-refractivity contribution >= 4 is 11.7 Å². The normalized spacial score (nSPS) is 11.1. The molecule has 0 aromatic carbocycles. The fourth-order valence-corrected chi connectivity index (χ4v) is 1.98. The van der Waals surface area contributed by atoms with E-state index in [-0.39, 0.29) is 6.01 Å². The topological polar surface area (TPSA) is 74.0 Å². The zero-order chi connectivity index (χ0) is 13.3. The van der Waals surface area contributed by atoms with Gasteiger partial charge in [0.25, 0.3) is 0 Å². The maximum absolute atomic E-state index is 12.0. The summed E-state index contributed by atoms with van der Waals surface area (Å²) in [6.45, 7) is 10.1. The van der Waals surface area contributed by atoms with Crippen LogP contribution in [0.15, 0.2) is 0 Å². The van der Waals surface area contributed by atoms with E-state index in [0.29, 0.717) is 18.3 Å². The lowest BCUT2D eigenvalue weighted by atomic mass is 10.5. The van der Waals surface area contributed by atoms with Crippen molar-refractivity contribution in [2.75, 3.05) is 18.0 Å². The predicted molar refractivity (Wildman–Crippen MR) is 64.4 cm³/mol. The minimum Gasteiger partial charge on any atom is -0.830 e. The van der Waals surface area contributed by atoms with Crippen LogP contribution >= 0.6 is 0 Å². The molecule has 2 rings (SSSR count). The van der Waals surface area contributed by atoms with Crippen LogP contribution < -0.4 is 14.4 Å². The molecule has 0 amide bonds. The summed E-state index contributed by atoms with van der Waals surface area (Å²) >= 11 is 0. The third-order valence-electron chi connectivity index (χ3n) is 3.04. The number of nitrogens with zero attached hydrogens (tertiary/aromatic N) is 6. The lowest BCUT2D eigenvalue weighted by Gasteiger charge is -2.16. The fraction of sp³-hybridized carbons (Fsp3) is 0.636. The number of anilines is 1. The Morgan fingerprint density at radius 1 is 1.22 bits per heavy atom. The van der Waals surface area contributed by atoms with Crippen molar-refractivity contribution in [3.63, 3.8) is 0 Å². The van der Waals surface area contributed by atoms with Crippen LogP contribution in [0.2, 0.25) is 0 Å². The third kappa shape index (κ3) is 1.85. The van der Waals surface area contributed by atoms with Gasteiger partial charge in [0, 0.05) is 25.1 Å².